The van der Waals surface area contributed by atoms with Crippen LogP contribution >= 0.6 is 0 Å². The minimum atomic E-state index is -0.0652. The largest absolute Gasteiger partial charge is 0.352 e. The summed E-state index contributed by atoms with van der Waals surface area (Å²) >= 11 is 0. The molecule has 2 aromatic heterocycles. The lowest BCUT2D eigenvalue weighted by Gasteiger charge is -2.35. The van der Waals surface area contributed by atoms with Crippen molar-refractivity contribution in [2.75, 3.05) is 41.7 Å². The van der Waals surface area contributed by atoms with E-state index >= 15 is 0 Å². The molecule has 8 heteroatoms. The molecule has 0 saturated carbocycles. The number of amides is 2. The number of hydrogen-bond acceptors (Lipinski definition) is 6. The maximum absolute atomic E-state index is 12.7. The highest BCUT2D eigenvalue weighted by atomic mass is 16.2. The lowest BCUT2D eigenvalue weighted by molar-refractivity contribution is 0.208. The number of carbonyl (C=O) groups excluding carboxylic acids is 1. The summed E-state index contributed by atoms with van der Waals surface area (Å²) in [6, 6.07) is 13.6. The molecule has 1 fully saturated rings. The Kier molecular flexibility index (Phi) is 5.97. The number of hydrogen-bond donors (Lipinski definition) is 2. The standard InChI is InChI=1S/C23H27N7O/c1-16-7-8-20(24-15-16)26-21-9-10-22(28-27-21)29-11-13-30(14-12-29)23(31)25-19-6-4-5-17(2)18(19)3/h4-10,15H,11-14H2,1-3H3,(H,25,31)(H,24,26,27). The molecule has 31 heavy (non-hydrogen) atoms. The Balaban J connectivity index is 1.31. The molecular formula is C23H27N7O. The van der Waals surface area contributed by atoms with Crippen molar-refractivity contribution in [1.29, 1.82) is 0 Å². The summed E-state index contributed by atoms with van der Waals surface area (Å²) in [6.45, 7) is 8.75. The Morgan fingerprint density at radius 2 is 1.68 bits per heavy atom. The minimum absolute atomic E-state index is 0.0652. The fraction of sp³-hybridized carbons (Fsp3) is 0.304. The average molecular weight is 418 g/mol. The average Bonchev–Trinajstić information content (AvgIpc) is 2.79. The first-order valence-electron chi connectivity index (χ1n) is 10.4. The maximum Gasteiger partial charge on any atom is 0.321 e. The maximum atomic E-state index is 12.7. The number of aromatic nitrogens is 3. The van der Waals surface area contributed by atoms with Crippen molar-refractivity contribution in [2.45, 2.75) is 20.8 Å². The highest BCUT2D eigenvalue weighted by Crippen LogP contribution is 2.20. The Bertz CT molecular complexity index is 1040. The van der Waals surface area contributed by atoms with Crippen LogP contribution in [0.3, 0.4) is 0 Å². The van der Waals surface area contributed by atoms with E-state index in [1.54, 1.807) is 6.20 Å². The predicted octanol–water partition coefficient (Wildman–Crippen LogP) is 3.89. The van der Waals surface area contributed by atoms with Crippen LogP contribution in [0.5, 0.6) is 0 Å². The van der Waals surface area contributed by atoms with E-state index in [4.69, 9.17) is 0 Å². The molecule has 160 valence electrons. The van der Waals surface area contributed by atoms with Gasteiger partial charge in [0.2, 0.25) is 0 Å². The lowest BCUT2D eigenvalue weighted by Crippen LogP contribution is -2.50. The van der Waals surface area contributed by atoms with Crippen molar-refractivity contribution in [2.24, 2.45) is 0 Å². The zero-order valence-corrected chi connectivity index (χ0v) is 18.1. The third-order valence-corrected chi connectivity index (χ3v) is 5.56. The van der Waals surface area contributed by atoms with Crippen molar-refractivity contribution < 1.29 is 4.79 Å². The van der Waals surface area contributed by atoms with Gasteiger partial charge in [0, 0.05) is 38.1 Å². The Morgan fingerprint density at radius 1 is 0.903 bits per heavy atom. The van der Waals surface area contributed by atoms with Gasteiger partial charge in [-0.15, -0.1) is 10.2 Å². The number of aryl methyl sites for hydroxylation is 2. The first-order valence-corrected chi connectivity index (χ1v) is 10.4. The molecule has 0 atom stereocenters. The molecule has 1 aromatic carbocycles. The van der Waals surface area contributed by atoms with Crippen LogP contribution in [-0.4, -0.2) is 52.3 Å². The normalized spacial score (nSPS) is 13.8. The smallest absolute Gasteiger partial charge is 0.321 e. The van der Waals surface area contributed by atoms with Crippen LogP contribution in [0.1, 0.15) is 16.7 Å². The van der Waals surface area contributed by atoms with Gasteiger partial charge in [0.25, 0.3) is 0 Å². The van der Waals surface area contributed by atoms with Crippen LogP contribution in [0.25, 0.3) is 0 Å². The number of anilines is 4. The first kappa shape index (κ1) is 20.6. The number of nitrogens with zero attached hydrogens (tertiary/aromatic N) is 5. The Morgan fingerprint density at radius 3 is 2.35 bits per heavy atom. The number of piperazine rings is 1. The number of urea groups is 1. The van der Waals surface area contributed by atoms with Crippen LogP contribution in [0.4, 0.5) is 27.9 Å². The van der Waals surface area contributed by atoms with E-state index in [1.807, 2.05) is 68.1 Å². The number of pyridine rings is 1. The number of carbonyl (C=O) groups is 1. The SMILES string of the molecule is Cc1ccc(Nc2ccc(N3CCN(C(=O)Nc4cccc(C)c4C)CC3)nn2)nc1. The zero-order chi connectivity index (χ0) is 21.8. The monoisotopic (exact) mass is 417 g/mol. The topological polar surface area (TPSA) is 86.3 Å². The van der Waals surface area contributed by atoms with E-state index in [-0.39, 0.29) is 6.03 Å². The van der Waals surface area contributed by atoms with Crippen LogP contribution in [0.2, 0.25) is 0 Å². The molecule has 1 aliphatic heterocycles. The van der Waals surface area contributed by atoms with Gasteiger partial charge in [0.05, 0.1) is 0 Å². The molecule has 1 saturated heterocycles. The van der Waals surface area contributed by atoms with Gasteiger partial charge < -0.3 is 20.4 Å². The second-order valence-electron chi connectivity index (χ2n) is 7.77. The second-order valence-corrected chi connectivity index (χ2v) is 7.77. The molecule has 0 unspecified atom stereocenters. The lowest BCUT2D eigenvalue weighted by atomic mass is 10.1. The molecule has 3 heterocycles. The Labute approximate surface area is 182 Å². The van der Waals surface area contributed by atoms with E-state index in [1.165, 1.54) is 0 Å². The summed E-state index contributed by atoms with van der Waals surface area (Å²) < 4.78 is 0. The van der Waals surface area contributed by atoms with Crippen molar-refractivity contribution >= 4 is 29.2 Å². The predicted molar refractivity (Wildman–Crippen MR) is 123 cm³/mol. The van der Waals surface area contributed by atoms with Gasteiger partial charge in [0.1, 0.15) is 5.82 Å². The van der Waals surface area contributed by atoms with Gasteiger partial charge in [-0.3, -0.25) is 0 Å². The third kappa shape index (κ3) is 4.91. The molecular weight excluding hydrogens is 390 g/mol. The molecule has 0 aliphatic carbocycles. The van der Waals surface area contributed by atoms with Gasteiger partial charge >= 0.3 is 6.03 Å². The van der Waals surface area contributed by atoms with Crippen molar-refractivity contribution in [1.82, 2.24) is 20.1 Å². The minimum Gasteiger partial charge on any atom is -0.352 e. The summed E-state index contributed by atoms with van der Waals surface area (Å²) in [5.41, 5.74) is 4.23. The number of rotatable bonds is 4. The highest BCUT2D eigenvalue weighted by Gasteiger charge is 2.22. The molecule has 3 aromatic rings. The van der Waals surface area contributed by atoms with Gasteiger partial charge in [-0.05, 0) is 61.7 Å². The van der Waals surface area contributed by atoms with Crippen LogP contribution in [0, 0.1) is 20.8 Å². The third-order valence-electron chi connectivity index (χ3n) is 5.56. The van der Waals surface area contributed by atoms with E-state index in [0.717, 1.165) is 34.0 Å². The fourth-order valence-electron chi connectivity index (χ4n) is 3.45. The van der Waals surface area contributed by atoms with Crippen LogP contribution in [-0.2, 0) is 0 Å². The van der Waals surface area contributed by atoms with E-state index < -0.39 is 0 Å². The summed E-state index contributed by atoms with van der Waals surface area (Å²) in [5.74, 6) is 2.18. The van der Waals surface area contributed by atoms with Crippen LogP contribution in [0.15, 0.2) is 48.7 Å². The van der Waals surface area contributed by atoms with Gasteiger partial charge in [-0.25, -0.2) is 9.78 Å². The summed E-state index contributed by atoms with van der Waals surface area (Å²) in [7, 11) is 0. The summed E-state index contributed by atoms with van der Waals surface area (Å²) in [4.78, 5) is 21.0. The molecule has 0 bridgehead atoms. The van der Waals surface area contributed by atoms with Crippen LogP contribution < -0.4 is 15.5 Å². The second kappa shape index (κ2) is 8.99. The number of nitrogens with one attached hydrogen (secondary N) is 2. The van der Waals surface area contributed by atoms with Gasteiger partial charge in [0.15, 0.2) is 11.6 Å². The van der Waals surface area contributed by atoms with E-state index in [0.29, 0.717) is 32.0 Å². The van der Waals surface area contributed by atoms with Gasteiger partial charge in [-0.1, -0.05) is 18.2 Å². The van der Waals surface area contributed by atoms with Crippen molar-refractivity contribution in [3.8, 4) is 0 Å². The molecule has 8 nitrogen and oxygen atoms in total. The zero-order valence-electron chi connectivity index (χ0n) is 18.1. The van der Waals surface area contributed by atoms with E-state index in [2.05, 4.69) is 30.7 Å². The fourth-order valence-corrected chi connectivity index (χ4v) is 3.45. The molecule has 1 aliphatic rings. The molecule has 4 rings (SSSR count). The highest BCUT2D eigenvalue weighted by molar-refractivity contribution is 5.90. The molecule has 0 radical (unpaired) electrons. The Hall–Kier alpha value is -3.68. The van der Waals surface area contributed by atoms with Gasteiger partial charge in [-0.2, -0.15) is 0 Å². The summed E-state index contributed by atoms with van der Waals surface area (Å²) in [6.07, 6.45) is 1.81. The van der Waals surface area contributed by atoms with Crippen molar-refractivity contribution in [3.63, 3.8) is 0 Å². The quantitative estimate of drug-likeness (QED) is 0.670. The van der Waals surface area contributed by atoms with Crippen molar-refractivity contribution in [3.05, 3.63) is 65.4 Å². The number of benzene rings is 1. The molecule has 2 amide bonds. The molecule has 0 spiro atoms. The van der Waals surface area contributed by atoms with E-state index in [9.17, 15) is 4.79 Å². The molecule has 2 N–H and O–H groups in total. The first-order chi connectivity index (χ1) is 15.0. The summed E-state index contributed by atoms with van der Waals surface area (Å²) in [5, 5.41) is 14.8.